The van der Waals surface area contributed by atoms with E-state index in [1.54, 1.807) is 0 Å². The number of aryl methyl sites for hydroxylation is 1. The number of hydrogen-bond donors (Lipinski definition) is 1. The largest absolute Gasteiger partial charge is 0.396 e. The molecule has 1 aromatic rings. The Balaban J connectivity index is 2.40. The van der Waals surface area contributed by atoms with Crippen molar-refractivity contribution < 1.29 is 5.11 Å². The van der Waals surface area contributed by atoms with Crippen molar-refractivity contribution in [2.24, 2.45) is 5.92 Å². The predicted molar refractivity (Wildman–Crippen MR) is 77.2 cm³/mol. The molecule has 1 fully saturated rings. The zero-order chi connectivity index (χ0) is 13.3. The third kappa shape index (κ3) is 2.14. The van der Waals surface area contributed by atoms with Gasteiger partial charge in [0.2, 0.25) is 0 Å². The van der Waals surface area contributed by atoms with Crippen molar-refractivity contribution in [3.05, 3.63) is 29.3 Å². The van der Waals surface area contributed by atoms with Crippen molar-refractivity contribution >= 4 is 5.69 Å². The quantitative estimate of drug-likeness (QED) is 0.867. The van der Waals surface area contributed by atoms with Crippen molar-refractivity contribution in [3.63, 3.8) is 0 Å². The molecule has 2 nitrogen and oxygen atoms in total. The van der Waals surface area contributed by atoms with E-state index in [9.17, 15) is 5.11 Å². The van der Waals surface area contributed by atoms with Gasteiger partial charge in [-0.25, -0.2) is 0 Å². The Morgan fingerprint density at radius 2 is 2.06 bits per heavy atom. The fraction of sp³-hybridized carbons (Fsp3) is 0.625. The molecule has 1 atom stereocenters. The smallest absolute Gasteiger partial charge is 0.0481 e. The average molecular weight is 247 g/mol. The van der Waals surface area contributed by atoms with E-state index < -0.39 is 0 Å². The lowest BCUT2D eigenvalue weighted by molar-refractivity contribution is 0.135. The minimum Gasteiger partial charge on any atom is -0.396 e. The summed E-state index contributed by atoms with van der Waals surface area (Å²) in [6.07, 6.45) is 2.30. The van der Waals surface area contributed by atoms with Crippen LogP contribution >= 0.6 is 0 Å². The first-order valence-electron chi connectivity index (χ1n) is 6.93. The average Bonchev–Trinajstić information content (AvgIpc) is 2.33. The Labute approximate surface area is 111 Å². The van der Waals surface area contributed by atoms with Crippen LogP contribution in [0.3, 0.4) is 0 Å². The number of aliphatic hydroxyl groups excluding tert-OH is 1. The number of nitrogens with zero attached hydrogens (tertiary/aromatic N) is 1. The number of anilines is 1. The maximum absolute atomic E-state index is 9.59. The Hall–Kier alpha value is -1.02. The molecule has 1 aliphatic rings. The topological polar surface area (TPSA) is 23.5 Å². The van der Waals surface area contributed by atoms with Crippen LogP contribution in [0.2, 0.25) is 0 Å². The molecule has 1 heterocycles. The summed E-state index contributed by atoms with van der Waals surface area (Å²) in [6.45, 7) is 10.3. The van der Waals surface area contributed by atoms with Gasteiger partial charge < -0.3 is 10.0 Å². The monoisotopic (exact) mass is 247 g/mol. The van der Waals surface area contributed by atoms with Crippen LogP contribution in [0.5, 0.6) is 0 Å². The van der Waals surface area contributed by atoms with Crippen molar-refractivity contribution in [2.45, 2.75) is 46.1 Å². The first-order valence-corrected chi connectivity index (χ1v) is 6.93. The molecule has 1 N–H and O–H groups in total. The predicted octanol–water partition coefficient (Wildman–Crippen LogP) is 3.29. The number of hydrogen-bond acceptors (Lipinski definition) is 2. The SMILES string of the molecule is Cc1cccc(N2CCCC(CO)C2(C)C)c1C. The van der Waals surface area contributed by atoms with Crippen LogP contribution in [0.1, 0.15) is 37.8 Å². The Morgan fingerprint density at radius 1 is 1.33 bits per heavy atom. The van der Waals surface area contributed by atoms with Gasteiger partial charge in [0.05, 0.1) is 0 Å². The third-order valence-electron chi connectivity index (χ3n) is 4.72. The number of aliphatic hydroxyl groups is 1. The van der Waals surface area contributed by atoms with E-state index in [1.165, 1.54) is 23.2 Å². The zero-order valence-corrected chi connectivity index (χ0v) is 12.0. The summed E-state index contributed by atoms with van der Waals surface area (Å²) in [5, 5.41) is 9.59. The van der Waals surface area contributed by atoms with E-state index >= 15 is 0 Å². The second-order valence-electron chi connectivity index (χ2n) is 6.05. The van der Waals surface area contributed by atoms with Gasteiger partial charge in [0.25, 0.3) is 0 Å². The molecule has 1 aromatic carbocycles. The fourth-order valence-corrected chi connectivity index (χ4v) is 3.13. The van der Waals surface area contributed by atoms with Gasteiger partial charge >= 0.3 is 0 Å². The van der Waals surface area contributed by atoms with E-state index in [-0.39, 0.29) is 12.1 Å². The molecule has 0 amide bonds. The Kier molecular flexibility index (Phi) is 3.67. The summed E-state index contributed by atoms with van der Waals surface area (Å²) >= 11 is 0. The second-order valence-corrected chi connectivity index (χ2v) is 6.05. The number of benzene rings is 1. The maximum Gasteiger partial charge on any atom is 0.0481 e. The van der Waals surface area contributed by atoms with Gasteiger partial charge in [-0.1, -0.05) is 12.1 Å². The highest BCUT2D eigenvalue weighted by Gasteiger charge is 2.38. The molecule has 0 aromatic heterocycles. The van der Waals surface area contributed by atoms with Crippen molar-refractivity contribution in [3.8, 4) is 0 Å². The lowest BCUT2D eigenvalue weighted by Crippen LogP contribution is -2.54. The van der Waals surface area contributed by atoms with Crippen LogP contribution in [0.4, 0.5) is 5.69 Å². The van der Waals surface area contributed by atoms with Gasteiger partial charge in [0.15, 0.2) is 0 Å². The number of piperidine rings is 1. The summed E-state index contributed by atoms with van der Waals surface area (Å²) in [5.41, 5.74) is 4.07. The number of rotatable bonds is 2. The standard InChI is InChI=1S/C16H25NO/c1-12-7-5-9-15(13(12)2)17-10-6-8-14(11-18)16(17,3)4/h5,7,9,14,18H,6,8,10-11H2,1-4H3. The first kappa shape index (κ1) is 13.4. The van der Waals surface area contributed by atoms with Gasteiger partial charge in [0, 0.05) is 30.3 Å². The molecular weight excluding hydrogens is 222 g/mol. The summed E-state index contributed by atoms with van der Waals surface area (Å²) < 4.78 is 0. The van der Waals surface area contributed by atoms with Crippen LogP contribution in [-0.2, 0) is 0 Å². The lowest BCUT2D eigenvalue weighted by Gasteiger charge is -2.49. The highest BCUT2D eigenvalue weighted by molar-refractivity contribution is 5.58. The van der Waals surface area contributed by atoms with Gasteiger partial charge in [-0.3, -0.25) is 0 Å². The van der Waals surface area contributed by atoms with Crippen molar-refractivity contribution in [1.82, 2.24) is 0 Å². The van der Waals surface area contributed by atoms with Gasteiger partial charge in [-0.05, 0) is 57.7 Å². The molecule has 2 heteroatoms. The minimum absolute atomic E-state index is 0.0333. The summed E-state index contributed by atoms with van der Waals surface area (Å²) in [4.78, 5) is 2.49. The van der Waals surface area contributed by atoms with E-state index in [0.29, 0.717) is 5.92 Å². The summed E-state index contributed by atoms with van der Waals surface area (Å²) in [5.74, 6) is 0.367. The Morgan fingerprint density at radius 3 is 2.72 bits per heavy atom. The van der Waals surface area contributed by atoms with Gasteiger partial charge in [-0.2, -0.15) is 0 Å². The molecule has 1 unspecified atom stereocenters. The fourth-order valence-electron chi connectivity index (χ4n) is 3.13. The second kappa shape index (κ2) is 4.93. The molecule has 0 radical (unpaired) electrons. The molecule has 18 heavy (non-hydrogen) atoms. The van der Waals surface area contributed by atoms with Crippen molar-refractivity contribution in [2.75, 3.05) is 18.1 Å². The minimum atomic E-state index is 0.0333. The van der Waals surface area contributed by atoms with E-state index in [4.69, 9.17) is 0 Å². The van der Waals surface area contributed by atoms with Crippen LogP contribution in [0.25, 0.3) is 0 Å². The molecule has 1 aliphatic heterocycles. The molecule has 0 saturated carbocycles. The molecule has 0 bridgehead atoms. The lowest BCUT2D eigenvalue weighted by atomic mass is 9.79. The highest BCUT2D eigenvalue weighted by atomic mass is 16.3. The molecule has 1 saturated heterocycles. The highest BCUT2D eigenvalue weighted by Crippen LogP contribution is 2.38. The van der Waals surface area contributed by atoms with Crippen LogP contribution < -0.4 is 4.90 Å². The Bertz CT molecular complexity index is 425. The van der Waals surface area contributed by atoms with Gasteiger partial charge in [-0.15, -0.1) is 0 Å². The summed E-state index contributed by atoms with van der Waals surface area (Å²) in [7, 11) is 0. The maximum atomic E-state index is 9.59. The van der Waals surface area contributed by atoms with E-state index in [2.05, 4.69) is 50.8 Å². The van der Waals surface area contributed by atoms with E-state index in [0.717, 1.165) is 13.0 Å². The zero-order valence-electron chi connectivity index (χ0n) is 12.0. The molecule has 0 spiro atoms. The van der Waals surface area contributed by atoms with Crippen LogP contribution in [0.15, 0.2) is 18.2 Å². The van der Waals surface area contributed by atoms with Crippen LogP contribution in [-0.4, -0.2) is 23.8 Å². The molecule has 100 valence electrons. The third-order valence-corrected chi connectivity index (χ3v) is 4.72. The van der Waals surface area contributed by atoms with Gasteiger partial charge in [0.1, 0.15) is 0 Å². The summed E-state index contributed by atoms with van der Waals surface area (Å²) in [6, 6.07) is 6.51. The van der Waals surface area contributed by atoms with E-state index in [1.807, 2.05) is 0 Å². The first-order chi connectivity index (χ1) is 8.48. The normalized spacial score (nSPS) is 23.2. The molecule has 2 rings (SSSR count). The van der Waals surface area contributed by atoms with Crippen molar-refractivity contribution in [1.29, 1.82) is 0 Å². The molecule has 0 aliphatic carbocycles. The van der Waals surface area contributed by atoms with Crippen LogP contribution in [0, 0.1) is 19.8 Å². The molecular formula is C16H25NO.